The normalized spacial score (nSPS) is 15.9. The fraction of sp³-hybridized carbons (Fsp3) is 0.400. The molecule has 3 rings (SSSR count). The largest absolute Gasteiger partial charge is 0.451 e. The Bertz CT molecular complexity index is 747. The highest BCUT2D eigenvalue weighted by Crippen LogP contribution is 2.23. The average molecular weight is 341 g/mol. The van der Waals surface area contributed by atoms with E-state index in [0.717, 1.165) is 36.5 Å². The van der Waals surface area contributed by atoms with Crippen molar-refractivity contribution in [3.05, 3.63) is 42.5 Å². The van der Waals surface area contributed by atoms with E-state index < -0.39 is 12.1 Å². The summed E-state index contributed by atoms with van der Waals surface area (Å²) in [6.45, 7) is 1.46. The molecule has 1 N–H and O–H groups in total. The minimum atomic E-state index is -0.876. The van der Waals surface area contributed by atoms with Gasteiger partial charge in [0, 0.05) is 11.1 Å². The van der Waals surface area contributed by atoms with Gasteiger partial charge in [-0.15, -0.1) is 0 Å². The summed E-state index contributed by atoms with van der Waals surface area (Å²) in [6, 6.07) is 13.5. The molecule has 1 atom stereocenters. The number of anilines is 1. The van der Waals surface area contributed by atoms with Crippen LogP contribution in [0.5, 0.6) is 0 Å². The van der Waals surface area contributed by atoms with Crippen molar-refractivity contribution < 1.29 is 19.1 Å². The van der Waals surface area contributed by atoms with Crippen LogP contribution in [0.15, 0.2) is 42.5 Å². The van der Waals surface area contributed by atoms with Crippen LogP contribution in [0.4, 0.5) is 5.69 Å². The Kier molecular flexibility index (Phi) is 5.66. The monoisotopic (exact) mass is 341 g/mol. The molecule has 1 amide bonds. The maximum Gasteiger partial charge on any atom is 0.332 e. The van der Waals surface area contributed by atoms with Crippen molar-refractivity contribution in [3.63, 3.8) is 0 Å². The molecule has 132 valence electrons. The Labute approximate surface area is 147 Å². The zero-order valence-electron chi connectivity index (χ0n) is 14.4. The van der Waals surface area contributed by atoms with Gasteiger partial charge in [0.1, 0.15) is 6.61 Å². The quantitative estimate of drug-likeness (QED) is 0.814. The van der Waals surface area contributed by atoms with Gasteiger partial charge in [0.2, 0.25) is 0 Å². The van der Waals surface area contributed by atoms with Gasteiger partial charge in [0.15, 0.2) is 6.10 Å². The third-order valence-corrected chi connectivity index (χ3v) is 4.46. The van der Waals surface area contributed by atoms with E-state index in [4.69, 9.17) is 9.47 Å². The summed E-state index contributed by atoms with van der Waals surface area (Å²) < 4.78 is 10.7. The number of benzene rings is 2. The van der Waals surface area contributed by atoms with E-state index in [1.165, 1.54) is 0 Å². The molecule has 1 saturated carbocycles. The molecule has 0 heterocycles. The highest BCUT2D eigenvalue weighted by molar-refractivity contribution is 6.03. The first-order valence-electron chi connectivity index (χ1n) is 8.73. The molecule has 1 unspecified atom stereocenters. The zero-order valence-corrected chi connectivity index (χ0v) is 14.4. The number of hydrogen-bond acceptors (Lipinski definition) is 4. The van der Waals surface area contributed by atoms with Crippen LogP contribution in [-0.4, -0.2) is 30.7 Å². The van der Waals surface area contributed by atoms with Gasteiger partial charge in [0.05, 0.1) is 6.10 Å². The number of esters is 1. The molecule has 0 saturated heterocycles. The Morgan fingerprint density at radius 2 is 1.84 bits per heavy atom. The first-order valence-corrected chi connectivity index (χ1v) is 8.73. The highest BCUT2D eigenvalue weighted by Gasteiger charge is 2.21. The molecule has 0 aromatic heterocycles. The minimum absolute atomic E-state index is 0.101. The fourth-order valence-corrected chi connectivity index (χ4v) is 3.09. The lowest BCUT2D eigenvalue weighted by molar-refractivity contribution is -0.159. The fourth-order valence-electron chi connectivity index (χ4n) is 3.09. The van der Waals surface area contributed by atoms with E-state index in [2.05, 4.69) is 5.32 Å². The Morgan fingerprint density at radius 1 is 1.12 bits per heavy atom. The summed E-state index contributed by atoms with van der Waals surface area (Å²) >= 11 is 0. The van der Waals surface area contributed by atoms with E-state index in [9.17, 15) is 9.59 Å². The number of rotatable bonds is 6. The van der Waals surface area contributed by atoms with Gasteiger partial charge in [-0.05, 0) is 31.2 Å². The zero-order chi connectivity index (χ0) is 17.6. The Balaban J connectivity index is 1.54. The molecule has 5 nitrogen and oxygen atoms in total. The lowest BCUT2D eigenvalue weighted by Crippen LogP contribution is -2.31. The van der Waals surface area contributed by atoms with Crippen LogP contribution in [0.3, 0.4) is 0 Å². The molecule has 2 aromatic carbocycles. The van der Waals surface area contributed by atoms with Crippen molar-refractivity contribution in [2.75, 3.05) is 11.9 Å². The SMILES string of the molecule is CC(OC(=O)COC1CCCC1)C(=O)Nc1cccc2ccccc12. The number of carbonyl (C=O) groups excluding carboxylic acids is 2. The first-order chi connectivity index (χ1) is 12.1. The number of fused-ring (bicyclic) bond motifs is 1. The molecule has 0 spiro atoms. The predicted octanol–water partition coefficient (Wildman–Crippen LogP) is 3.67. The predicted molar refractivity (Wildman–Crippen MR) is 96.3 cm³/mol. The van der Waals surface area contributed by atoms with E-state index in [0.29, 0.717) is 5.69 Å². The highest BCUT2D eigenvalue weighted by atomic mass is 16.6. The molecule has 0 aliphatic heterocycles. The van der Waals surface area contributed by atoms with Crippen LogP contribution in [0.2, 0.25) is 0 Å². The van der Waals surface area contributed by atoms with Crippen molar-refractivity contribution >= 4 is 28.3 Å². The van der Waals surface area contributed by atoms with Gasteiger partial charge in [-0.2, -0.15) is 0 Å². The van der Waals surface area contributed by atoms with Crippen LogP contribution in [0.1, 0.15) is 32.6 Å². The van der Waals surface area contributed by atoms with E-state index in [-0.39, 0.29) is 18.6 Å². The Hall–Kier alpha value is -2.40. The third kappa shape index (κ3) is 4.57. The number of amides is 1. The van der Waals surface area contributed by atoms with E-state index in [1.54, 1.807) is 6.92 Å². The molecule has 1 aliphatic rings. The first kappa shape index (κ1) is 17.4. The van der Waals surface area contributed by atoms with Gasteiger partial charge in [-0.25, -0.2) is 4.79 Å². The van der Waals surface area contributed by atoms with Crippen molar-refractivity contribution in [2.24, 2.45) is 0 Å². The number of ether oxygens (including phenoxy) is 2. The summed E-state index contributed by atoms with van der Waals surface area (Å²) in [4.78, 5) is 24.2. The second kappa shape index (κ2) is 8.12. The van der Waals surface area contributed by atoms with Gasteiger partial charge in [0.25, 0.3) is 5.91 Å². The van der Waals surface area contributed by atoms with Gasteiger partial charge in [-0.1, -0.05) is 49.2 Å². The summed E-state index contributed by atoms with van der Waals surface area (Å²) in [5.74, 6) is -0.863. The van der Waals surface area contributed by atoms with Crippen LogP contribution in [-0.2, 0) is 19.1 Å². The molecule has 25 heavy (non-hydrogen) atoms. The van der Waals surface area contributed by atoms with Crippen LogP contribution >= 0.6 is 0 Å². The summed E-state index contributed by atoms with van der Waals surface area (Å²) in [7, 11) is 0. The molecule has 1 fully saturated rings. The summed E-state index contributed by atoms with van der Waals surface area (Å²) in [5, 5.41) is 4.81. The molecule has 5 heteroatoms. The van der Waals surface area contributed by atoms with Gasteiger partial charge in [-0.3, -0.25) is 4.79 Å². The topological polar surface area (TPSA) is 64.6 Å². The third-order valence-electron chi connectivity index (χ3n) is 4.46. The smallest absolute Gasteiger partial charge is 0.332 e. The molecule has 2 aromatic rings. The number of carbonyl (C=O) groups is 2. The van der Waals surface area contributed by atoms with Crippen LogP contribution in [0.25, 0.3) is 10.8 Å². The summed E-state index contributed by atoms with van der Waals surface area (Å²) in [5.41, 5.74) is 0.702. The molecular formula is C20H23NO4. The molecular weight excluding hydrogens is 318 g/mol. The maximum absolute atomic E-state index is 12.3. The van der Waals surface area contributed by atoms with E-state index in [1.807, 2.05) is 42.5 Å². The van der Waals surface area contributed by atoms with Gasteiger partial charge >= 0.3 is 5.97 Å². The second-order valence-electron chi connectivity index (χ2n) is 6.37. The molecule has 0 bridgehead atoms. The number of hydrogen-bond donors (Lipinski definition) is 1. The van der Waals surface area contributed by atoms with E-state index >= 15 is 0 Å². The van der Waals surface area contributed by atoms with Crippen molar-refractivity contribution in [1.82, 2.24) is 0 Å². The van der Waals surface area contributed by atoms with Crippen molar-refractivity contribution in [1.29, 1.82) is 0 Å². The average Bonchev–Trinajstić information content (AvgIpc) is 3.14. The van der Waals surface area contributed by atoms with Crippen molar-refractivity contribution in [3.8, 4) is 0 Å². The minimum Gasteiger partial charge on any atom is -0.451 e. The van der Waals surface area contributed by atoms with Crippen LogP contribution < -0.4 is 5.32 Å². The number of nitrogens with one attached hydrogen (secondary N) is 1. The lowest BCUT2D eigenvalue weighted by Gasteiger charge is -2.16. The molecule has 0 radical (unpaired) electrons. The Morgan fingerprint density at radius 3 is 2.64 bits per heavy atom. The van der Waals surface area contributed by atoms with Gasteiger partial charge < -0.3 is 14.8 Å². The maximum atomic E-state index is 12.3. The summed E-state index contributed by atoms with van der Waals surface area (Å²) in [6.07, 6.45) is 3.54. The lowest BCUT2D eigenvalue weighted by atomic mass is 10.1. The second-order valence-corrected chi connectivity index (χ2v) is 6.37. The van der Waals surface area contributed by atoms with Crippen LogP contribution in [0, 0.1) is 0 Å². The van der Waals surface area contributed by atoms with Crippen molar-refractivity contribution in [2.45, 2.75) is 44.8 Å². The standard InChI is InChI=1S/C20H23NO4/c1-14(25-19(22)13-24-16-9-3-4-10-16)20(23)21-18-12-6-8-15-7-2-5-11-17(15)18/h2,5-8,11-12,14,16H,3-4,9-10,13H2,1H3,(H,21,23). The molecule has 1 aliphatic carbocycles.